The smallest absolute Gasteiger partial charge is 0.136 e. The number of nitrogens with zero attached hydrogens (tertiary/aromatic N) is 3. The van der Waals surface area contributed by atoms with Gasteiger partial charge in [-0.3, -0.25) is 5.41 Å². The fraction of sp³-hybridized carbons (Fsp3) is 0. The normalized spacial score (nSPS) is 10.3. The van der Waals surface area contributed by atoms with Crippen LogP contribution < -0.4 is 5.73 Å². The number of aromatic nitrogens is 3. The number of fused-ring (bicyclic) bond motifs is 1. The van der Waals surface area contributed by atoms with Crippen molar-refractivity contribution in [1.82, 2.24) is 14.6 Å². The first-order valence-corrected chi connectivity index (χ1v) is 3.40. The molecule has 0 aliphatic carbocycles. The van der Waals surface area contributed by atoms with E-state index in [2.05, 4.69) is 10.1 Å². The average Bonchev–Trinajstić information content (AvgIpc) is 2.46. The van der Waals surface area contributed by atoms with Crippen LogP contribution in [-0.2, 0) is 0 Å². The van der Waals surface area contributed by atoms with Crippen molar-refractivity contribution >= 4 is 11.4 Å². The van der Waals surface area contributed by atoms with Crippen LogP contribution in [0.1, 0.15) is 5.56 Å². The van der Waals surface area contributed by atoms with Gasteiger partial charge in [-0.05, 0) is 6.07 Å². The molecule has 2 aromatic heterocycles. The largest absolute Gasteiger partial charge is 0.384 e. The van der Waals surface area contributed by atoms with Gasteiger partial charge in [0.1, 0.15) is 12.2 Å². The summed E-state index contributed by atoms with van der Waals surface area (Å²) in [4.78, 5) is 3.84. The first kappa shape index (κ1) is 6.78. The molecule has 0 saturated carbocycles. The number of hydrogen-bond donors (Lipinski definition) is 2. The molecule has 2 rings (SSSR count). The second-order valence-electron chi connectivity index (χ2n) is 2.42. The van der Waals surface area contributed by atoms with Crippen molar-refractivity contribution in [2.45, 2.75) is 0 Å². The first-order valence-electron chi connectivity index (χ1n) is 3.40. The van der Waals surface area contributed by atoms with Gasteiger partial charge in [-0.1, -0.05) is 0 Å². The van der Waals surface area contributed by atoms with Gasteiger partial charge in [0.25, 0.3) is 0 Å². The van der Waals surface area contributed by atoms with Crippen molar-refractivity contribution in [1.29, 1.82) is 5.41 Å². The summed E-state index contributed by atoms with van der Waals surface area (Å²) < 4.78 is 1.63. The van der Waals surface area contributed by atoms with Crippen LogP contribution in [0.4, 0.5) is 0 Å². The topological polar surface area (TPSA) is 80.1 Å². The molecule has 2 aromatic rings. The Labute approximate surface area is 68.3 Å². The molecular formula is C7H7N5. The summed E-state index contributed by atoms with van der Waals surface area (Å²) in [6.07, 6.45) is 4.80. The third-order valence-electron chi connectivity index (χ3n) is 1.59. The van der Waals surface area contributed by atoms with E-state index in [9.17, 15) is 0 Å². The van der Waals surface area contributed by atoms with E-state index in [4.69, 9.17) is 11.1 Å². The van der Waals surface area contributed by atoms with E-state index in [0.29, 0.717) is 5.56 Å². The molecule has 0 aromatic carbocycles. The standard InChI is InChI=1S/C7H7N5/c8-7(9)5-1-6-2-10-4-11-12(6)3-5/h1-4H,(H3,8,9). The molecule has 3 N–H and O–H groups in total. The Balaban J connectivity index is 2.70. The minimum atomic E-state index is 0.0421. The van der Waals surface area contributed by atoms with Gasteiger partial charge in [0, 0.05) is 11.8 Å². The maximum atomic E-state index is 7.18. The van der Waals surface area contributed by atoms with E-state index >= 15 is 0 Å². The predicted molar refractivity (Wildman–Crippen MR) is 44.0 cm³/mol. The molecule has 0 unspecified atom stereocenters. The zero-order valence-electron chi connectivity index (χ0n) is 6.23. The van der Waals surface area contributed by atoms with E-state index in [0.717, 1.165) is 5.52 Å². The molecule has 5 nitrogen and oxygen atoms in total. The van der Waals surface area contributed by atoms with Crippen LogP contribution in [0.15, 0.2) is 24.8 Å². The summed E-state index contributed by atoms with van der Waals surface area (Å²) in [6.45, 7) is 0. The van der Waals surface area contributed by atoms with Gasteiger partial charge in [0.2, 0.25) is 0 Å². The summed E-state index contributed by atoms with van der Waals surface area (Å²) >= 11 is 0. The van der Waals surface area contributed by atoms with Crippen molar-refractivity contribution in [3.63, 3.8) is 0 Å². The minimum absolute atomic E-state index is 0.0421. The molecule has 0 saturated heterocycles. The highest BCUT2D eigenvalue weighted by Gasteiger charge is 2.00. The Hall–Kier alpha value is -1.91. The molecule has 0 fully saturated rings. The molecule has 0 amide bonds. The molecule has 5 heteroatoms. The quantitative estimate of drug-likeness (QED) is 0.456. The predicted octanol–water partition coefficient (Wildman–Crippen LogP) is 0.0134. The molecule has 12 heavy (non-hydrogen) atoms. The molecule has 0 spiro atoms. The molecule has 0 radical (unpaired) electrons. The number of nitrogen functional groups attached to an aromatic ring is 1. The highest BCUT2D eigenvalue weighted by atomic mass is 15.2. The lowest BCUT2D eigenvalue weighted by Gasteiger charge is -1.87. The fourth-order valence-corrected chi connectivity index (χ4v) is 1.01. The number of nitrogens with two attached hydrogens (primary N) is 1. The summed E-state index contributed by atoms with van der Waals surface area (Å²) in [6, 6.07) is 1.77. The van der Waals surface area contributed by atoms with Crippen LogP contribution in [0.25, 0.3) is 5.52 Å². The summed E-state index contributed by atoms with van der Waals surface area (Å²) in [5, 5.41) is 11.1. The molecule has 0 bridgehead atoms. The molecular weight excluding hydrogens is 154 g/mol. The Morgan fingerprint density at radius 2 is 2.42 bits per heavy atom. The maximum absolute atomic E-state index is 7.18. The van der Waals surface area contributed by atoms with E-state index in [1.54, 1.807) is 23.0 Å². The Bertz CT molecular complexity index is 397. The molecule has 0 atom stereocenters. The van der Waals surface area contributed by atoms with Crippen molar-refractivity contribution in [3.8, 4) is 0 Å². The van der Waals surface area contributed by atoms with E-state index in [1.165, 1.54) is 6.33 Å². The zero-order valence-corrected chi connectivity index (χ0v) is 6.23. The highest BCUT2D eigenvalue weighted by Crippen LogP contribution is 2.05. The fourth-order valence-electron chi connectivity index (χ4n) is 1.01. The van der Waals surface area contributed by atoms with Crippen molar-refractivity contribution < 1.29 is 0 Å². The number of amidine groups is 1. The highest BCUT2D eigenvalue weighted by molar-refractivity contribution is 5.96. The van der Waals surface area contributed by atoms with Gasteiger partial charge in [0.05, 0.1) is 11.7 Å². The Morgan fingerprint density at radius 3 is 3.08 bits per heavy atom. The Morgan fingerprint density at radius 1 is 1.58 bits per heavy atom. The van der Waals surface area contributed by atoms with Crippen molar-refractivity contribution in [3.05, 3.63) is 30.4 Å². The number of hydrogen-bond acceptors (Lipinski definition) is 3. The van der Waals surface area contributed by atoms with Crippen LogP contribution in [0, 0.1) is 5.41 Å². The average molecular weight is 161 g/mol. The number of rotatable bonds is 1. The van der Waals surface area contributed by atoms with E-state index in [1.807, 2.05) is 0 Å². The summed E-state index contributed by atoms with van der Waals surface area (Å²) in [7, 11) is 0. The van der Waals surface area contributed by atoms with Crippen molar-refractivity contribution in [2.24, 2.45) is 5.73 Å². The van der Waals surface area contributed by atoms with Crippen LogP contribution in [0.2, 0.25) is 0 Å². The lowest BCUT2D eigenvalue weighted by atomic mass is 10.3. The van der Waals surface area contributed by atoms with Crippen LogP contribution >= 0.6 is 0 Å². The minimum Gasteiger partial charge on any atom is -0.384 e. The van der Waals surface area contributed by atoms with E-state index in [-0.39, 0.29) is 5.84 Å². The molecule has 2 heterocycles. The van der Waals surface area contributed by atoms with Gasteiger partial charge in [-0.15, -0.1) is 0 Å². The monoisotopic (exact) mass is 161 g/mol. The maximum Gasteiger partial charge on any atom is 0.136 e. The number of nitrogens with one attached hydrogen (secondary N) is 1. The van der Waals surface area contributed by atoms with Gasteiger partial charge < -0.3 is 5.73 Å². The molecule has 0 aliphatic heterocycles. The van der Waals surface area contributed by atoms with Crippen LogP contribution in [0.5, 0.6) is 0 Å². The lowest BCUT2D eigenvalue weighted by Crippen LogP contribution is -2.09. The third-order valence-corrected chi connectivity index (χ3v) is 1.59. The summed E-state index contributed by atoms with van der Waals surface area (Å²) in [5.41, 5.74) is 6.80. The van der Waals surface area contributed by atoms with Gasteiger partial charge in [-0.2, -0.15) is 5.10 Å². The van der Waals surface area contributed by atoms with Crippen LogP contribution in [0.3, 0.4) is 0 Å². The SMILES string of the molecule is N=C(N)c1cc2cncnn2c1. The third kappa shape index (κ3) is 0.914. The summed E-state index contributed by atoms with van der Waals surface area (Å²) in [5.74, 6) is 0.0421. The molecule has 60 valence electrons. The Kier molecular flexibility index (Phi) is 1.30. The zero-order chi connectivity index (χ0) is 8.55. The van der Waals surface area contributed by atoms with Crippen LogP contribution in [-0.4, -0.2) is 20.4 Å². The second-order valence-corrected chi connectivity index (χ2v) is 2.42. The van der Waals surface area contributed by atoms with E-state index < -0.39 is 0 Å². The van der Waals surface area contributed by atoms with Gasteiger partial charge in [-0.25, -0.2) is 9.50 Å². The van der Waals surface area contributed by atoms with Crippen molar-refractivity contribution in [2.75, 3.05) is 0 Å². The lowest BCUT2D eigenvalue weighted by molar-refractivity contribution is 0.902. The molecule has 0 aliphatic rings. The first-order chi connectivity index (χ1) is 5.77. The van der Waals surface area contributed by atoms with Gasteiger partial charge in [0.15, 0.2) is 0 Å². The van der Waals surface area contributed by atoms with Gasteiger partial charge >= 0.3 is 0 Å². The second kappa shape index (κ2) is 2.30.